The van der Waals surface area contributed by atoms with E-state index in [2.05, 4.69) is 12.2 Å². The Balaban J connectivity index is 3.08. The second kappa shape index (κ2) is 7.92. The largest absolute Gasteiger partial charge is 0.313 e. The number of nitrogens with zero attached hydrogens (tertiary/aromatic N) is 1. The second-order valence-electron chi connectivity index (χ2n) is 5.56. The number of nitrogens with one attached hydrogen (secondary N) is 1. The van der Waals surface area contributed by atoms with E-state index in [1.165, 1.54) is 4.31 Å². The van der Waals surface area contributed by atoms with Gasteiger partial charge in [0.1, 0.15) is 0 Å². The monoisotopic (exact) mass is 312 g/mol. The maximum absolute atomic E-state index is 12.7. The Bertz CT molecular complexity index is 555. The zero-order valence-electron chi connectivity index (χ0n) is 13.8. The van der Waals surface area contributed by atoms with E-state index in [1.807, 2.05) is 32.9 Å². The highest BCUT2D eigenvalue weighted by Gasteiger charge is 2.26. The molecule has 0 aliphatic heterocycles. The average molecular weight is 312 g/mol. The smallest absolute Gasteiger partial charge is 0.243 e. The zero-order chi connectivity index (χ0) is 16.0. The van der Waals surface area contributed by atoms with Gasteiger partial charge >= 0.3 is 0 Å². The summed E-state index contributed by atoms with van der Waals surface area (Å²) in [5, 5.41) is 3.30. The molecular formula is C16H28N2O2S. The van der Waals surface area contributed by atoms with Crippen molar-refractivity contribution in [3.05, 3.63) is 29.3 Å². The van der Waals surface area contributed by atoms with Gasteiger partial charge in [0.25, 0.3) is 0 Å². The summed E-state index contributed by atoms with van der Waals surface area (Å²) < 4.78 is 27.0. The first-order chi connectivity index (χ1) is 9.84. The molecule has 0 fully saturated rings. The van der Waals surface area contributed by atoms with Gasteiger partial charge in [-0.1, -0.05) is 26.0 Å². The lowest BCUT2D eigenvalue weighted by Crippen LogP contribution is -2.35. The predicted octanol–water partition coefficient (Wildman–Crippen LogP) is 2.91. The van der Waals surface area contributed by atoms with Crippen molar-refractivity contribution in [3.63, 3.8) is 0 Å². The van der Waals surface area contributed by atoms with Crippen LogP contribution in [0.2, 0.25) is 0 Å². The summed E-state index contributed by atoms with van der Waals surface area (Å²) in [4.78, 5) is 0.418. The van der Waals surface area contributed by atoms with E-state index in [4.69, 9.17) is 0 Å². The van der Waals surface area contributed by atoms with Gasteiger partial charge in [-0.3, -0.25) is 0 Å². The van der Waals surface area contributed by atoms with E-state index >= 15 is 0 Å². The van der Waals surface area contributed by atoms with Gasteiger partial charge < -0.3 is 5.32 Å². The molecule has 1 aromatic rings. The van der Waals surface area contributed by atoms with E-state index in [1.54, 1.807) is 13.1 Å². The molecule has 0 aromatic heterocycles. The van der Waals surface area contributed by atoms with Crippen LogP contribution in [0, 0.1) is 6.92 Å². The predicted molar refractivity (Wildman–Crippen MR) is 87.9 cm³/mol. The normalized spacial score (nSPS) is 13.6. The number of hydrogen-bond donors (Lipinski definition) is 1. The molecule has 1 rings (SSSR count). The summed E-state index contributed by atoms with van der Waals surface area (Å²) in [6.07, 6.45) is 1.86. The minimum atomic E-state index is -3.43. The third kappa shape index (κ3) is 4.53. The van der Waals surface area contributed by atoms with Crippen molar-refractivity contribution in [2.24, 2.45) is 0 Å². The maximum Gasteiger partial charge on any atom is 0.243 e. The van der Waals surface area contributed by atoms with Gasteiger partial charge in [0.05, 0.1) is 4.90 Å². The Kier molecular flexibility index (Phi) is 6.84. The number of benzene rings is 1. The Labute approximate surface area is 129 Å². The van der Waals surface area contributed by atoms with Crippen molar-refractivity contribution in [2.75, 3.05) is 13.6 Å². The van der Waals surface area contributed by atoms with Crippen LogP contribution < -0.4 is 5.32 Å². The Morgan fingerprint density at radius 1 is 1.29 bits per heavy atom. The molecule has 0 saturated heterocycles. The quantitative estimate of drug-likeness (QED) is 0.751. The topological polar surface area (TPSA) is 49.4 Å². The van der Waals surface area contributed by atoms with E-state index in [-0.39, 0.29) is 6.04 Å². The highest BCUT2D eigenvalue weighted by Crippen LogP contribution is 2.22. The Morgan fingerprint density at radius 2 is 1.95 bits per heavy atom. The van der Waals surface area contributed by atoms with Gasteiger partial charge in [-0.15, -0.1) is 0 Å². The molecule has 21 heavy (non-hydrogen) atoms. The number of rotatable bonds is 8. The van der Waals surface area contributed by atoms with Crippen molar-refractivity contribution in [3.8, 4) is 0 Å². The van der Waals surface area contributed by atoms with Crippen LogP contribution in [0.25, 0.3) is 0 Å². The summed E-state index contributed by atoms with van der Waals surface area (Å²) in [6, 6.07) is 5.67. The van der Waals surface area contributed by atoms with Crippen LogP contribution in [-0.2, 0) is 16.6 Å². The van der Waals surface area contributed by atoms with E-state index in [9.17, 15) is 8.42 Å². The lowest BCUT2D eigenvalue weighted by Gasteiger charge is -2.24. The maximum atomic E-state index is 12.7. The fraction of sp³-hybridized carbons (Fsp3) is 0.625. The van der Waals surface area contributed by atoms with Gasteiger partial charge in [-0.05, 0) is 50.4 Å². The molecule has 4 nitrogen and oxygen atoms in total. The highest BCUT2D eigenvalue weighted by atomic mass is 32.2. The number of sulfonamides is 1. The molecule has 1 atom stereocenters. The summed E-state index contributed by atoms with van der Waals surface area (Å²) >= 11 is 0. The van der Waals surface area contributed by atoms with Crippen molar-refractivity contribution >= 4 is 10.0 Å². The molecular weight excluding hydrogens is 284 g/mol. The van der Waals surface area contributed by atoms with Crippen LogP contribution in [0.1, 0.15) is 44.7 Å². The first-order valence-electron chi connectivity index (χ1n) is 7.62. The molecule has 0 aliphatic carbocycles. The van der Waals surface area contributed by atoms with E-state index < -0.39 is 10.0 Å². The number of hydrogen-bond acceptors (Lipinski definition) is 3. The fourth-order valence-electron chi connectivity index (χ4n) is 2.09. The minimum Gasteiger partial charge on any atom is -0.313 e. The molecule has 0 saturated carbocycles. The highest BCUT2D eigenvalue weighted by molar-refractivity contribution is 7.89. The van der Waals surface area contributed by atoms with Crippen LogP contribution in [-0.4, -0.2) is 32.4 Å². The Hall–Kier alpha value is -0.910. The average Bonchev–Trinajstić information content (AvgIpc) is 2.47. The summed E-state index contributed by atoms with van der Waals surface area (Å²) in [6.45, 7) is 9.51. The molecule has 5 heteroatoms. The van der Waals surface area contributed by atoms with Gasteiger partial charge in [-0.25, -0.2) is 8.42 Å². The van der Waals surface area contributed by atoms with Crippen LogP contribution in [0.3, 0.4) is 0 Å². The van der Waals surface area contributed by atoms with Crippen LogP contribution in [0.15, 0.2) is 23.1 Å². The standard InChI is InChI=1S/C16H28N2O2S/c1-6-10-17-12-15-9-8-13(3)16(11-15)21(19,20)18(5)14(4)7-2/h8-9,11,14,17H,6-7,10,12H2,1-5H3. The second-order valence-corrected chi connectivity index (χ2v) is 7.52. The van der Waals surface area contributed by atoms with Crippen LogP contribution in [0.4, 0.5) is 0 Å². The summed E-state index contributed by atoms with van der Waals surface area (Å²) in [5.74, 6) is 0. The SMILES string of the molecule is CCCNCc1ccc(C)c(S(=O)(=O)N(C)C(C)CC)c1. The van der Waals surface area contributed by atoms with Crippen molar-refractivity contribution in [1.82, 2.24) is 9.62 Å². The molecule has 0 heterocycles. The fourth-order valence-corrected chi connectivity index (χ4v) is 3.80. The van der Waals surface area contributed by atoms with E-state index in [0.29, 0.717) is 11.4 Å². The molecule has 0 spiro atoms. The third-order valence-electron chi connectivity index (χ3n) is 3.88. The molecule has 1 N–H and O–H groups in total. The molecule has 0 aliphatic rings. The van der Waals surface area contributed by atoms with Gasteiger partial charge in [0, 0.05) is 19.6 Å². The van der Waals surface area contributed by atoms with Gasteiger partial charge in [0.15, 0.2) is 0 Å². The molecule has 0 bridgehead atoms. The number of aryl methyl sites for hydroxylation is 1. The Morgan fingerprint density at radius 3 is 2.52 bits per heavy atom. The minimum absolute atomic E-state index is 0.00345. The molecule has 120 valence electrons. The molecule has 0 amide bonds. The van der Waals surface area contributed by atoms with Crippen molar-refractivity contribution in [2.45, 2.75) is 58.0 Å². The van der Waals surface area contributed by atoms with Gasteiger partial charge in [0.2, 0.25) is 10.0 Å². The lowest BCUT2D eigenvalue weighted by atomic mass is 10.1. The van der Waals surface area contributed by atoms with Crippen molar-refractivity contribution < 1.29 is 8.42 Å². The third-order valence-corrected chi connectivity index (χ3v) is 5.99. The lowest BCUT2D eigenvalue weighted by molar-refractivity contribution is 0.380. The van der Waals surface area contributed by atoms with Crippen LogP contribution >= 0.6 is 0 Å². The van der Waals surface area contributed by atoms with E-state index in [0.717, 1.165) is 30.5 Å². The summed E-state index contributed by atoms with van der Waals surface area (Å²) in [5.41, 5.74) is 1.80. The van der Waals surface area contributed by atoms with Gasteiger partial charge in [-0.2, -0.15) is 4.31 Å². The summed E-state index contributed by atoms with van der Waals surface area (Å²) in [7, 11) is -1.77. The molecule has 1 unspecified atom stereocenters. The molecule has 0 radical (unpaired) electrons. The van der Waals surface area contributed by atoms with Crippen molar-refractivity contribution in [1.29, 1.82) is 0 Å². The van der Waals surface area contributed by atoms with Crippen LogP contribution in [0.5, 0.6) is 0 Å². The first-order valence-corrected chi connectivity index (χ1v) is 9.06. The first kappa shape index (κ1) is 18.1. The zero-order valence-corrected chi connectivity index (χ0v) is 14.6. The molecule has 1 aromatic carbocycles.